The molecular weight excluding hydrogens is 310 g/mol. The van der Waals surface area contributed by atoms with E-state index in [1.54, 1.807) is 0 Å². The number of hydrogen-bond acceptors (Lipinski definition) is 9. The Balaban J connectivity index is 2.80. The Hall–Kier alpha value is -1.10. The van der Waals surface area contributed by atoms with E-state index in [1.165, 1.54) is 6.92 Å². The molecule has 6 N–H and O–H groups in total. The molecule has 0 saturated carbocycles. The second-order valence-electron chi connectivity index (χ2n) is 5.86. The van der Waals surface area contributed by atoms with E-state index in [0.29, 0.717) is 0 Å². The van der Waals surface area contributed by atoms with Crippen LogP contribution in [0.4, 0.5) is 0 Å². The number of nitrogens with two attached hydrogens (primary N) is 1. The molecule has 1 saturated heterocycles. The van der Waals surface area contributed by atoms with Crippen LogP contribution in [0.1, 0.15) is 26.7 Å². The molecule has 134 valence electrons. The fourth-order valence-electron chi connectivity index (χ4n) is 2.69. The van der Waals surface area contributed by atoms with Crippen molar-refractivity contribution in [2.75, 3.05) is 13.2 Å². The van der Waals surface area contributed by atoms with Crippen molar-refractivity contribution in [3.63, 3.8) is 0 Å². The van der Waals surface area contributed by atoms with Gasteiger partial charge in [0.2, 0.25) is 5.79 Å². The minimum atomic E-state index is -2.18. The molecule has 0 aromatic rings. The average Bonchev–Trinajstić information content (AvgIpc) is 2.43. The monoisotopic (exact) mass is 335 g/mol. The Labute approximate surface area is 134 Å². The van der Waals surface area contributed by atoms with Crippen molar-refractivity contribution in [3.8, 4) is 0 Å². The summed E-state index contributed by atoms with van der Waals surface area (Å²) in [6, 6.07) is 0. The summed E-state index contributed by atoms with van der Waals surface area (Å²) < 4.78 is 10.0. The highest BCUT2D eigenvalue weighted by Gasteiger charge is 2.50. The maximum atomic E-state index is 11.5. The number of ketones is 1. The van der Waals surface area contributed by atoms with Gasteiger partial charge in [0, 0.05) is 25.7 Å². The van der Waals surface area contributed by atoms with Crippen LogP contribution >= 0.6 is 0 Å². The van der Waals surface area contributed by atoms with E-state index >= 15 is 0 Å². The van der Waals surface area contributed by atoms with Gasteiger partial charge in [0.15, 0.2) is 5.78 Å². The summed E-state index contributed by atoms with van der Waals surface area (Å²) in [5, 5.41) is 40.0. The Kier molecular flexibility index (Phi) is 7.05. The molecule has 1 heterocycles. The lowest BCUT2D eigenvalue weighted by Crippen LogP contribution is -2.58. The van der Waals surface area contributed by atoms with E-state index in [4.69, 9.17) is 15.2 Å². The molecule has 9 heteroatoms. The van der Waals surface area contributed by atoms with Gasteiger partial charge in [0.1, 0.15) is 6.61 Å². The SMILES string of the molecule is CC(=O)C1(O)CC(O)C([C@@H](C)O)C(C[C@H](O)COC(=O)CN)O1. The summed E-state index contributed by atoms with van der Waals surface area (Å²) >= 11 is 0. The first-order chi connectivity index (χ1) is 10.6. The minimum Gasteiger partial charge on any atom is -0.462 e. The number of carbonyl (C=O) groups excluding carboxylic acids is 2. The van der Waals surface area contributed by atoms with Crippen LogP contribution in [0.5, 0.6) is 0 Å². The lowest BCUT2D eigenvalue weighted by molar-refractivity contribution is -0.285. The molecule has 1 aliphatic heterocycles. The highest BCUT2D eigenvalue weighted by molar-refractivity contribution is 5.83. The Morgan fingerprint density at radius 2 is 2.04 bits per heavy atom. The summed E-state index contributed by atoms with van der Waals surface area (Å²) in [5.74, 6) is -4.37. The summed E-state index contributed by atoms with van der Waals surface area (Å²) in [5.41, 5.74) is 5.07. The number of hydrogen-bond donors (Lipinski definition) is 5. The van der Waals surface area contributed by atoms with Gasteiger partial charge in [0.05, 0.1) is 31.0 Å². The molecule has 9 nitrogen and oxygen atoms in total. The number of rotatable bonds is 7. The first-order valence-electron chi connectivity index (χ1n) is 7.41. The maximum Gasteiger partial charge on any atom is 0.319 e. The highest BCUT2D eigenvalue weighted by atomic mass is 16.6. The molecule has 6 atom stereocenters. The fraction of sp³-hybridized carbons (Fsp3) is 0.857. The van der Waals surface area contributed by atoms with Gasteiger partial charge in [-0.3, -0.25) is 9.59 Å². The number of esters is 1. The molecule has 0 spiro atoms. The summed E-state index contributed by atoms with van der Waals surface area (Å²) in [4.78, 5) is 22.5. The van der Waals surface area contributed by atoms with E-state index in [9.17, 15) is 30.0 Å². The lowest BCUT2D eigenvalue weighted by Gasteiger charge is -2.44. The number of aliphatic hydroxyl groups excluding tert-OH is 3. The molecule has 23 heavy (non-hydrogen) atoms. The number of carbonyl (C=O) groups is 2. The van der Waals surface area contributed by atoms with Gasteiger partial charge in [-0.2, -0.15) is 0 Å². The molecule has 0 aliphatic carbocycles. The molecule has 0 radical (unpaired) electrons. The van der Waals surface area contributed by atoms with Crippen molar-refractivity contribution in [1.29, 1.82) is 0 Å². The van der Waals surface area contributed by atoms with Crippen LogP contribution < -0.4 is 5.73 Å². The van der Waals surface area contributed by atoms with E-state index < -0.39 is 47.9 Å². The largest absolute Gasteiger partial charge is 0.462 e. The molecule has 1 fully saturated rings. The van der Waals surface area contributed by atoms with Gasteiger partial charge >= 0.3 is 5.97 Å². The van der Waals surface area contributed by atoms with E-state index in [0.717, 1.165) is 6.92 Å². The number of Topliss-reactive ketones (excluding diaryl/α,β-unsaturated/α-hetero) is 1. The van der Waals surface area contributed by atoms with Crippen LogP contribution in [0.25, 0.3) is 0 Å². The van der Waals surface area contributed by atoms with Crippen LogP contribution in [-0.4, -0.2) is 75.5 Å². The molecule has 0 aromatic heterocycles. The van der Waals surface area contributed by atoms with Crippen molar-refractivity contribution >= 4 is 11.8 Å². The molecule has 1 aliphatic rings. The molecule has 0 aromatic carbocycles. The second kappa shape index (κ2) is 8.13. The van der Waals surface area contributed by atoms with Crippen molar-refractivity contribution in [2.24, 2.45) is 11.7 Å². The quantitative estimate of drug-likeness (QED) is 0.321. The molecular formula is C14H25NO8. The molecule has 1 rings (SSSR count). The Morgan fingerprint density at radius 1 is 1.43 bits per heavy atom. The normalized spacial score (nSPS) is 33.8. The second-order valence-corrected chi connectivity index (χ2v) is 5.86. The number of ether oxygens (including phenoxy) is 2. The molecule has 0 amide bonds. The third-order valence-electron chi connectivity index (χ3n) is 3.92. The van der Waals surface area contributed by atoms with Crippen LogP contribution in [0.15, 0.2) is 0 Å². The standard InChI is InChI=1S/C14H25NO8/c1-7(16)13-10(19)4-14(21,8(2)17)23-11(13)3-9(18)6-22-12(20)5-15/h7,9-11,13,16,18-19,21H,3-6,15H2,1-2H3/t7-,9+,10?,11?,13?,14?/m1/s1. The van der Waals surface area contributed by atoms with Crippen molar-refractivity contribution in [2.45, 2.75) is 56.9 Å². The third kappa shape index (κ3) is 5.20. The van der Waals surface area contributed by atoms with Gasteiger partial charge in [-0.25, -0.2) is 0 Å². The first kappa shape index (κ1) is 19.9. The van der Waals surface area contributed by atoms with Gasteiger partial charge in [-0.15, -0.1) is 0 Å². The van der Waals surface area contributed by atoms with Gasteiger partial charge in [-0.05, 0) is 6.92 Å². The molecule has 4 unspecified atom stereocenters. The number of aliphatic hydroxyl groups is 4. The summed E-state index contributed by atoms with van der Waals surface area (Å²) in [7, 11) is 0. The van der Waals surface area contributed by atoms with Crippen molar-refractivity contribution in [1.82, 2.24) is 0 Å². The van der Waals surface area contributed by atoms with Crippen LogP contribution in [0.2, 0.25) is 0 Å². The topological polar surface area (TPSA) is 160 Å². The Morgan fingerprint density at radius 3 is 2.52 bits per heavy atom. The third-order valence-corrected chi connectivity index (χ3v) is 3.92. The highest BCUT2D eigenvalue weighted by Crippen LogP contribution is 2.36. The van der Waals surface area contributed by atoms with Crippen LogP contribution in [0, 0.1) is 5.92 Å². The van der Waals surface area contributed by atoms with Crippen LogP contribution in [-0.2, 0) is 19.1 Å². The summed E-state index contributed by atoms with van der Waals surface area (Å²) in [6.07, 6.45) is -4.88. The van der Waals surface area contributed by atoms with Crippen molar-refractivity contribution in [3.05, 3.63) is 0 Å². The Bertz CT molecular complexity index is 429. The zero-order valence-corrected chi connectivity index (χ0v) is 13.2. The fourth-order valence-corrected chi connectivity index (χ4v) is 2.69. The van der Waals surface area contributed by atoms with E-state index in [2.05, 4.69) is 0 Å². The van der Waals surface area contributed by atoms with E-state index in [-0.39, 0.29) is 26.0 Å². The predicted molar refractivity (Wildman–Crippen MR) is 76.9 cm³/mol. The van der Waals surface area contributed by atoms with Crippen molar-refractivity contribution < 1.29 is 39.5 Å². The lowest BCUT2D eigenvalue weighted by atomic mass is 9.81. The minimum absolute atomic E-state index is 0.153. The first-order valence-corrected chi connectivity index (χ1v) is 7.41. The average molecular weight is 335 g/mol. The van der Waals surface area contributed by atoms with Gasteiger partial charge in [-0.1, -0.05) is 0 Å². The van der Waals surface area contributed by atoms with Crippen LogP contribution in [0.3, 0.4) is 0 Å². The zero-order valence-electron chi connectivity index (χ0n) is 13.2. The smallest absolute Gasteiger partial charge is 0.319 e. The van der Waals surface area contributed by atoms with Gasteiger partial charge < -0.3 is 35.6 Å². The van der Waals surface area contributed by atoms with Gasteiger partial charge in [0.25, 0.3) is 0 Å². The molecule has 0 bridgehead atoms. The maximum absolute atomic E-state index is 11.5. The predicted octanol–water partition coefficient (Wildman–Crippen LogP) is -2.34. The summed E-state index contributed by atoms with van der Waals surface area (Å²) in [6.45, 7) is 1.87. The van der Waals surface area contributed by atoms with E-state index in [1.807, 2.05) is 0 Å². The zero-order chi connectivity index (χ0) is 17.8.